The number of rotatable bonds is 30. The number of nitrogens with one attached hydrogen (secondary N) is 3. The minimum Gasteiger partial charge on any atom is -0.356 e. The molecule has 51 heavy (non-hydrogen) atoms. The molecule has 6 nitrogen and oxygen atoms in total. The van der Waals surface area contributed by atoms with Crippen LogP contribution in [0.3, 0.4) is 0 Å². The van der Waals surface area contributed by atoms with E-state index in [2.05, 4.69) is 59.4 Å². The Balaban J connectivity index is 1.43. The van der Waals surface area contributed by atoms with Gasteiger partial charge in [-0.05, 0) is 55.0 Å². The molecule has 9 heteroatoms. The summed E-state index contributed by atoms with van der Waals surface area (Å²) in [6, 6.07) is 11.4. The summed E-state index contributed by atoms with van der Waals surface area (Å²) < 4.78 is 0. The third-order valence-electron chi connectivity index (χ3n) is 9.41. The monoisotopic (exact) mass is 755 g/mol. The molecule has 0 spiro atoms. The molecule has 0 saturated carbocycles. The van der Waals surface area contributed by atoms with Gasteiger partial charge >= 0.3 is 0 Å². The topological polar surface area (TPSA) is 87.3 Å². The van der Waals surface area contributed by atoms with Crippen molar-refractivity contribution in [1.82, 2.24) is 16.0 Å². The summed E-state index contributed by atoms with van der Waals surface area (Å²) in [6.45, 7) is 5.74. The van der Waals surface area contributed by atoms with Crippen LogP contribution in [0.1, 0.15) is 165 Å². The second-order valence-corrected chi connectivity index (χ2v) is 17.0. The molecular weight excluding hydrogens is 691 g/mol. The Morgan fingerprint density at radius 1 is 0.569 bits per heavy atom. The second kappa shape index (κ2) is 27.2. The molecular formula is C42H65N3O3S3. The molecule has 3 heterocycles. The summed E-state index contributed by atoms with van der Waals surface area (Å²) in [4.78, 5) is 44.6. The van der Waals surface area contributed by atoms with Crippen LogP contribution < -0.4 is 16.0 Å². The predicted octanol–water partition coefficient (Wildman–Crippen LogP) is 12.2. The van der Waals surface area contributed by atoms with Gasteiger partial charge in [0.1, 0.15) is 6.04 Å². The van der Waals surface area contributed by atoms with Crippen LogP contribution >= 0.6 is 34.0 Å². The molecule has 0 saturated heterocycles. The first kappa shape index (κ1) is 42.9. The average Bonchev–Trinajstić information content (AvgIpc) is 3.94. The normalized spacial score (nSPS) is 11.8. The van der Waals surface area contributed by atoms with Crippen molar-refractivity contribution in [3.05, 3.63) is 46.7 Å². The standard InChI is InChI=1S/C42H65N3O3S3/c1-3-5-7-9-11-13-15-17-19-21-31-43-40(46)30-25-34(41(47)44-32-22-20-18-16-14-12-10-8-6-4-2)45-42(48)39-29-28-38(51-39)37-27-26-36(50-37)35-24-23-33-49-35/h23-24,26-29,33-34H,3-22,25,30-32H2,1-2H3,(H,43,46)(H,44,47)(H,45,48)/t34-/m0/s1. The van der Waals surface area contributed by atoms with E-state index in [1.165, 1.54) is 124 Å². The van der Waals surface area contributed by atoms with Crippen LogP contribution in [0, 0.1) is 0 Å². The number of thiophene rings is 3. The molecule has 3 amide bonds. The minimum atomic E-state index is -0.763. The van der Waals surface area contributed by atoms with E-state index in [9.17, 15) is 14.4 Å². The summed E-state index contributed by atoms with van der Waals surface area (Å²) in [5.74, 6) is -0.547. The van der Waals surface area contributed by atoms with E-state index in [4.69, 9.17) is 0 Å². The lowest BCUT2D eigenvalue weighted by atomic mass is 10.1. The first-order valence-corrected chi connectivity index (χ1v) is 22.6. The van der Waals surface area contributed by atoms with E-state index >= 15 is 0 Å². The van der Waals surface area contributed by atoms with Crippen molar-refractivity contribution in [3.8, 4) is 19.5 Å². The van der Waals surface area contributed by atoms with Gasteiger partial charge < -0.3 is 16.0 Å². The molecule has 0 bridgehead atoms. The molecule has 0 fully saturated rings. The first-order chi connectivity index (χ1) is 25.0. The average molecular weight is 756 g/mol. The molecule has 0 aliphatic carbocycles. The van der Waals surface area contributed by atoms with Crippen molar-refractivity contribution in [2.75, 3.05) is 13.1 Å². The van der Waals surface area contributed by atoms with Crippen molar-refractivity contribution in [2.24, 2.45) is 0 Å². The first-order valence-electron chi connectivity index (χ1n) is 20.1. The molecule has 0 unspecified atom stereocenters. The number of carbonyl (C=O) groups is 3. The largest absolute Gasteiger partial charge is 0.356 e. The van der Waals surface area contributed by atoms with Crippen LogP contribution in [0.25, 0.3) is 19.5 Å². The van der Waals surface area contributed by atoms with Crippen LogP contribution in [0.15, 0.2) is 41.8 Å². The smallest absolute Gasteiger partial charge is 0.262 e. The number of amides is 3. The summed E-state index contributed by atoms with van der Waals surface area (Å²) >= 11 is 4.87. The van der Waals surface area contributed by atoms with Crippen molar-refractivity contribution in [1.29, 1.82) is 0 Å². The van der Waals surface area contributed by atoms with Crippen LogP contribution in [-0.4, -0.2) is 36.9 Å². The van der Waals surface area contributed by atoms with Crippen molar-refractivity contribution in [2.45, 2.75) is 161 Å². The summed E-state index contributed by atoms with van der Waals surface area (Å²) in [6.07, 6.45) is 25.4. The quantitative estimate of drug-likeness (QED) is 0.0592. The zero-order chi connectivity index (χ0) is 36.4. The summed E-state index contributed by atoms with van der Waals surface area (Å²) in [7, 11) is 0. The molecule has 3 aromatic heterocycles. The maximum absolute atomic E-state index is 13.4. The summed E-state index contributed by atoms with van der Waals surface area (Å²) in [5.41, 5.74) is 0. The molecule has 0 aromatic carbocycles. The van der Waals surface area contributed by atoms with Gasteiger partial charge in [0.25, 0.3) is 5.91 Å². The number of carbonyl (C=O) groups excluding carboxylic acids is 3. The van der Waals surface area contributed by atoms with E-state index in [0.717, 1.165) is 35.4 Å². The van der Waals surface area contributed by atoms with Gasteiger partial charge in [0.2, 0.25) is 11.8 Å². The van der Waals surface area contributed by atoms with Crippen molar-refractivity contribution >= 4 is 51.7 Å². The Kier molecular flexibility index (Phi) is 22.9. The molecule has 3 N–H and O–H groups in total. The van der Waals surface area contributed by atoms with Gasteiger partial charge in [0.05, 0.1) is 4.88 Å². The van der Waals surface area contributed by atoms with Gasteiger partial charge in [-0.1, -0.05) is 135 Å². The zero-order valence-corrected chi connectivity index (χ0v) is 34.0. The Morgan fingerprint density at radius 3 is 1.61 bits per heavy atom. The Bertz CT molecular complexity index is 1350. The van der Waals surface area contributed by atoms with Crippen LogP contribution in [-0.2, 0) is 9.59 Å². The molecule has 1 atom stereocenters. The Hall–Kier alpha value is -2.49. The highest BCUT2D eigenvalue weighted by atomic mass is 32.1. The second-order valence-electron chi connectivity index (χ2n) is 13.9. The van der Waals surface area contributed by atoms with Crippen LogP contribution in [0.2, 0.25) is 0 Å². The highest BCUT2D eigenvalue weighted by Crippen LogP contribution is 2.39. The van der Waals surface area contributed by atoms with E-state index < -0.39 is 6.04 Å². The molecule has 284 valence electrons. The van der Waals surface area contributed by atoms with E-state index in [0.29, 0.717) is 18.0 Å². The zero-order valence-electron chi connectivity index (χ0n) is 31.5. The molecule has 3 rings (SSSR count). The van der Waals surface area contributed by atoms with E-state index in [1.54, 1.807) is 22.7 Å². The van der Waals surface area contributed by atoms with E-state index in [1.807, 2.05) is 12.1 Å². The van der Waals surface area contributed by atoms with Gasteiger partial charge in [0.15, 0.2) is 0 Å². The van der Waals surface area contributed by atoms with Gasteiger partial charge in [-0.15, -0.1) is 34.0 Å². The molecule has 0 radical (unpaired) electrons. The van der Waals surface area contributed by atoms with Crippen molar-refractivity contribution in [3.63, 3.8) is 0 Å². The summed E-state index contributed by atoms with van der Waals surface area (Å²) in [5, 5.41) is 11.1. The number of unbranched alkanes of at least 4 members (excludes halogenated alkanes) is 18. The van der Waals surface area contributed by atoms with Crippen LogP contribution in [0.4, 0.5) is 0 Å². The molecule has 0 aliphatic rings. The SMILES string of the molecule is CCCCCCCCCCCCNC(=O)CC[C@H](NC(=O)c1ccc(-c2ccc(-c3cccs3)s2)s1)C(=O)NCCCCCCCCCCCC. The molecule has 0 aliphatic heterocycles. The fourth-order valence-electron chi connectivity index (χ4n) is 6.26. The maximum atomic E-state index is 13.4. The predicted molar refractivity (Wildman–Crippen MR) is 221 cm³/mol. The third kappa shape index (κ3) is 18.2. The molecule has 3 aromatic rings. The van der Waals surface area contributed by atoms with Crippen molar-refractivity contribution < 1.29 is 14.4 Å². The number of hydrogen-bond acceptors (Lipinski definition) is 6. The lowest BCUT2D eigenvalue weighted by molar-refractivity contribution is -0.124. The lowest BCUT2D eigenvalue weighted by Crippen LogP contribution is -2.47. The fourth-order valence-corrected chi connectivity index (χ4v) is 9.10. The van der Waals surface area contributed by atoms with Gasteiger partial charge in [-0.25, -0.2) is 0 Å². The Morgan fingerprint density at radius 2 is 1.06 bits per heavy atom. The fraction of sp³-hybridized carbons (Fsp3) is 0.643. The Labute approximate surface area is 321 Å². The van der Waals surface area contributed by atoms with E-state index in [-0.39, 0.29) is 30.6 Å². The highest BCUT2D eigenvalue weighted by molar-refractivity contribution is 7.26. The lowest BCUT2D eigenvalue weighted by Gasteiger charge is -2.18. The van der Waals surface area contributed by atoms with Gasteiger partial charge in [-0.3, -0.25) is 14.4 Å². The van der Waals surface area contributed by atoms with Crippen LogP contribution in [0.5, 0.6) is 0 Å². The highest BCUT2D eigenvalue weighted by Gasteiger charge is 2.23. The minimum absolute atomic E-state index is 0.0645. The number of hydrogen-bond donors (Lipinski definition) is 3. The maximum Gasteiger partial charge on any atom is 0.262 e. The van der Waals surface area contributed by atoms with Gasteiger partial charge in [-0.2, -0.15) is 0 Å². The third-order valence-corrected chi connectivity index (χ3v) is 12.8. The van der Waals surface area contributed by atoms with Gasteiger partial charge in [0, 0.05) is 39.0 Å².